The van der Waals surface area contributed by atoms with Crippen LogP contribution >= 0.6 is 0 Å². The Hall–Kier alpha value is -4.20. The van der Waals surface area contributed by atoms with E-state index in [-0.39, 0.29) is 17.6 Å². The Morgan fingerprint density at radius 2 is 1.97 bits per heavy atom. The van der Waals surface area contributed by atoms with Crippen molar-refractivity contribution in [2.24, 2.45) is 0 Å². The fourth-order valence-corrected chi connectivity index (χ4v) is 3.22. The maximum atomic E-state index is 12.8. The number of carbonyl (C=O) groups excluding carboxylic acids is 1. The zero-order valence-corrected chi connectivity index (χ0v) is 16.9. The molecule has 0 radical (unpaired) electrons. The Bertz CT molecular complexity index is 1220. The van der Waals surface area contributed by atoms with Crippen LogP contribution in [0.4, 0.5) is 4.79 Å². The van der Waals surface area contributed by atoms with Crippen molar-refractivity contribution < 1.29 is 4.79 Å². The second-order valence-electron chi connectivity index (χ2n) is 7.05. The molecule has 0 fully saturated rings. The summed E-state index contributed by atoms with van der Waals surface area (Å²) in [5.41, 5.74) is 2.86. The van der Waals surface area contributed by atoms with Gasteiger partial charge in [-0.25, -0.2) is 14.5 Å². The summed E-state index contributed by atoms with van der Waals surface area (Å²) in [7, 11) is 0. The molecule has 0 bridgehead atoms. The number of hydrogen-bond donors (Lipinski definition) is 3. The van der Waals surface area contributed by atoms with Gasteiger partial charge >= 0.3 is 6.03 Å². The highest BCUT2D eigenvalue weighted by molar-refractivity contribution is 5.74. The monoisotopic (exact) mass is 414 g/mol. The summed E-state index contributed by atoms with van der Waals surface area (Å²) in [4.78, 5) is 33.4. The number of pyridine rings is 2. The lowest BCUT2D eigenvalue weighted by Gasteiger charge is -2.15. The lowest BCUT2D eigenvalue weighted by molar-refractivity contribution is 0.237. The molecule has 0 aliphatic carbocycles. The number of nitrogens with zero attached hydrogens (tertiary/aromatic N) is 3. The molecule has 3 aromatic heterocycles. The van der Waals surface area contributed by atoms with E-state index in [0.717, 1.165) is 16.7 Å². The molecule has 31 heavy (non-hydrogen) atoms. The molecule has 0 saturated heterocycles. The quantitative estimate of drug-likeness (QED) is 0.451. The number of H-pyrrole nitrogens is 1. The van der Waals surface area contributed by atoms with Gasteiger partial charge in [0, 0.05) is 36.9 Å². The van der Waals surface area contributed by atoms with Gasteiger partial charge in [-0.1, -0.05) is 36.4 Å². The Kier molecular flexibility index (Phi) is 5.89. The third-order valence-corrected chi connectivity index (χ3v) is 4.88. The van der Waals surface area contributed by atoms with Crippen LogP contribution in [0.1, 0.15) is 24.1 Å². The Balaban J connectivity index is 1.43. The number of urea groups is 1. The predicted molar refractivity (Wildman–Crippen MR) is 118 cm³/mol. The molecule has 3 heterocycles. The predicted octanol–water partition coefficient (Wildman–Crippen LogP) is 3.18. The fourth-order valence-electron chi connectivity index (χ4n) is 3.22. The molecular weight excluding hydrogens is 392 g/mol. The average Bonchev–Trinajstić information content (AvgIpc) is 3.20. The molecule has 0 aliphatic rings. The fraction of sp³-hybridized carbons (Fsp3) is 0.130. The summed E-state index contributed by atoms with van der Waals surface area (Å²) in [5.74, 6) is 0.442. The molecule has 1 atom stereocenters. The van der Waals surface area contributed by atoms with E-state index in [0.29, 0.717) is 17.9 Å². The number of benzene rings is 1. The highest BCUT2D eigenvalue weighted by Gasteiger charge is 2.12. The van der Waals surface area contributed by atoms with Gasteiger partial charge in [0.05, 0.1) is 11.6 Å². The van der Waals surface area contributed by atoms with E-state index in [2.05, 4.69) is 25.7 Å². The first-order valence-corrected chi connectivity index (χ1v) is 9.87. The summed E-state index contributed by atoms with van der Waals surface area (Å²) in [5, 5.41) is 8.69. The van der Waals surface area contributed by atoms with E-state index in [9.17, 15) is 9.59 Å². The molecule has 4 aromatic rings. The third-order valence-electron chi connectivity index (χ3n) is 4.88. The second-order valence-corrected chi connectivity index (χ2v) is 7.05. The molecule has 0 spiro atoms. The van der Waals surface area contributed by atoms with Crippen molar-refractivity contribution in [3.05, 3.63) is 101 Å². The second kappa shape index (κ2) is 9.08. The number of aromatic amines is 1. The summed E-state index contributed by atoms with van der Waals surface area (Å²) in [6.07, 6.45) is 6.53. The Labute approximate surface area is 179 Å². The zero-order valence-electron chi connectivity index (χ0n) is 16.9. The molecule has 2 amide bonds. The van der Waals surface area contributed by atoms with Crippen LogP contribution in [0.15, 0.2) is 84.2 Å². The molecule has 0 unspecified atom stereocenters. The molecule has 3 N–H and O–H groups in total. The number of hydrogen-bond acceptors (Lipinski definition) is 4. The van der Waals surface area contributed by atoms with Gasteiger partial charge in [-0.15, -0.1) is 0 Å². The Morgan fingerprint density at radius 3 is 2.74 bits per heavy atom. The van der Waals surface area contributed by atoms with Crippen LogP contribution < -0.4 is 16.2 Å². The van der Waals surface area contributed by atoms with Crippen LogP contribution in [0.5, 0.6) is 0 Å². The maximum absolute atomic E-state index is 12.8. The van der Waals surface area contributed by atoms with E-state index < -0.39 is 0 Å². The van der Waals surface area contributed by atoms with Gasteiger partial charge in [-0.3, -0.25) is 14.9 Å². The van der Waals surface area contributed by atoms with Gasteiger partial charge in [-0.05, 0) is 36.2 Å². The average molecular weight is 414 g/mol. The largest absolute Gasteiger partial charge is 0.334 e. The number of amides is 2. The van der Waals surface area contributed by atoms with Gasteiger partial charge < -0.3 is 10.6 Å². The number of aromatic nitrogens is 4. The number of carbonyl (C=O) groups is 1. The van der Waals surface area contributed by atoms with Crippen molar-refractivity contribution in [1.29, 1.82) is 0 Å². The van der Waals surface area contributed by atoms with Gasteiger partial charge in [0.2, 0.25) is 0 Å². The van der Waals surface area contributed by atoms with Gasteiger partial charge in [0.25, 0.3) is 5.56 Å². The smallest absolute Gasteiger partial charge is 0.315 e. The normalized spacial score (nSPS) is 11.6. The van der Waals surface area contributed by atoms with E-state index in [1.165, 1.54) is 4.68 Å². The molecule has 0 aliphatic heterocycles. The Morgan fingerprint density at radius 1 is 1.13 bits per heavy atom. The third kappa shape index (κ3) is 4.69. The highest BCUT2D eigenvalue weighted by atomic mass is 16.2. The molecule has 4 rings (SSSR count). The van der Waals surface area contributed by atoms with Gasteiger partial charge in [-0.2, -0.15) is 0 Å². The lowest BCUT2D eigenvalue weighted by atomic mass is 10.1. The molecular formula is C23H22N6O2. The van der Waals surface area contributed by atoms with E-state index in [4.69, 9.17) is 0 Å². The summed E-state index contributed by atoms with van der Waals surface area (Å²) < 4.78 is 1.36. The number of rotatable bonds is 6. The molecule has 0 saturated carbocycles. The van der Waals surface area contributed by atoms with Crippen LogP contribution in [-0.2, 0) is 6.54 Å². The van der Waals surface area contributed by atoms with Crippen molar-refractivity contribution in [2.45, 2.75) is 19.5 Å². The van der Waals surface area contributed by atoms with Crippen molar-refractivity contribution in [3.8, 4) is 16.9 Å². The van der Waals surface area contributed by atoms with Crippen LogP contribution in [-0.4, -0.2) is 25.8 Å². The number of nitrogens with one attached hydrogen (secondary N) is 3. The minimum atomic E-state index is -0.273. The highest BCUT2D eigenvalue weighted by Crippen LogP contribution is 2.14. The maximum Gasteiger partial charge on any atom is 0.315 e. The topological polar surface area (TPSA) is 105 Å². The minimum Gasteiger partial charge on any atom is -0.334 e. The zero-order chi connectivity index (χ0) is 21.6. The van der Waals surface area contributed by atoms with Gasteiger partial charge in [0.15, 0.2) is 5.82 Å². The molecule has 8 nitrogen and oxygen atoms in total. The van der Waals surface area contributed by atoms with E-state index in [1.54, 1.807) is 43.0 Å². The van der Waals surface area contributed by atoms with Crippen LogP contribution in [0.25, 0.3) is 16.9 Å². The molecule has 8 heteroatoms. The van der Waals surface area contributed by atoms with Crippen molar-refractivity contribution in [2.75, 3.05) is 0 Å². The van der Waals surface area contributed by atoms with E-state index >= 15 is 0 Å². The lowest BCUT2D eigenvalue weighted by Crippen LogP contribution is -2.36. The van der Waals surface area contributed by atoms with Crippen LogP contribution in [0.3, 0.4) is 0 Å². The van der Waals surface area contributed by atoms with Crippen molar-refractivity contribution in [1.82, 2.24) is 30.4 Å². The first-order valence-electron chi connectivity index (χ1n) is 9.87. The van der Waals surface area contributed by atoms with Crippen molar-refractivity contribution >= 4 is 6.03 Å². The summed E-state index contributed by atoms with van der Waals surface area (Å²) in [6, 6.07) is 16.5. The van der Waals surface area contributed by atoms with Crippen molar-refractivity contribution in [3.63, 3.8) is 0 Å². The first kappa shape index (κ1) is 20.1. The molecule has 156 valence electrons. The molecule has 1 aromatic carbocycles. The first-order chi connectivity index (χ1) is 15.1. The SMILES string of the molecule is C[C@H](NC(=O)NCc1ccnc(-n2[nH]cc(-c3cccnc3)c2=O)c1)c1ccccc1. The van der Waals surface area contributed by atoms with Crippen LogP contribution in [0.2, 0.25) is 0 Å². The summed E-state index contributed by atoms with van der Waals surface area (Å²) >= 11 is 0. The minimum absolute atomic E-state index is 0.113. The summed E-state index contributed by atoms with van der Waals surface area (Å²) in [6.45, 7) is 2.23. The van der Waals surface area contributed by atoms with E-state index in [1.807, 2.05) is 43.3 Å². The standard InChI is InChI=1S/C23H22N6O2/c1-16(18-6-3-2-4-7-18)28-23(31)26-13-17-9-11-25-21(12-17)29-22(30)20(15-27-29)19-8-5-10-24-14-19/h2-12,14-16,27H,13H2,1H3,(H2,26,28,31)/t16-/m0/s1. The van der Waals surface area contributed by atoms with Crippen LogP contribution in [0, 0.1) is 0 Å². The van der Waals surface area contributed by atoms with Gasteiger partial charge in [0.1, 0.15) is 0 Å².